The van der Waals surface area contributed by atoms with E-state index in [1.165, 1.54) is 0 Å². The van der Waals surface area contributed by atoms with Crippen LogP contribution in [0.4, 0.5) is 5.69 Å². The Morgan fingerprint density at radius 1 is 1.25 bits per heavy atom. The van der Waals surface area contributed by atoms with Crippen LogP contribution in [0.15, 0.2) is 36.7 Å². The SMILES string of the molecule is CC(C)c1nccn1-c1ccc(NCC(O)CO)cc1. The molecule has 0 spiro atoms. The zero-order valence-corrected chi connectivity index (χ0v) is 11.8. The Hall–Kier alpha value is -1.85. The van der Waals surface area contributed by atoms with Crippen molar-refractivity contribution in [1.82, 2.24) is 9.55 Å². The Kier molecular flexibility index (Phi) is 4.76. The van der Waals surface area contributed by atoms with E-state index >= 15 is 0 Å². The van der Waals surface area contributed by atoms with Crippen LogP contribution < -0.4 is 5.32 Å². The highest BCUT2D eigenvalue weighted by Gasteiger charge is 2.08. The Morgan fingerprint density at radius 3 is 2.55 bits per heavy atom. The zero-order valence-electron chi connectivity index (χ0n) is 11.8. The molecule has 1 unspecified atom stereocenters. The van der Waals surface area contributed by atoms with Crippen LogP contribution in [0.2, 0.25) is 0 Å². The number of aliphatic hydroxyl groups is 2. The molecule has 0 fully saturated rings. The third-order valence-corrected chi connectivity index (χ3v) is 3.08. The lowest BCUT2D eigenvalue weighted by atomic mass is 10.2. The van der Waals surface area contributed by atoms with E-state index in [2.05, 4.69) is 28.7 Å². The van der Waals surface area contributed by atoms with Gasteiger partial charge in [0.1, 0.15) is 5.82 Å². The molecule has 0 bridgehead atoms. The average molecular weight is 275 g/mol. The quantitative estimate of drug-likeness (QED) is 0.751. The van der Waals surface area contributed by atoms with E-state index < -0.39 is 6.10 Å². The molecular weight excluding hydrogens is 254 g/mol. The molecule has 1 atom stereocenters. The van der Waals surface area contributed by atoms with Gasteiger partial charge in [-0.2, -0.15) is 0 Å². The topological polar surface area (TPSA) is 70.3 Å². The van der Waals surface area contributed by atoms with Crippen LogP contribution in [-0.2, 0) is 0 Å². The molecule has 5 heteroatoms. The summed E-state index contributed by atoms with van der Waals surface area (Å²) in [5, 5.41) is 21.1. The second-order valence-corrected chi connectivity index (χ2v) is 5.07. The molecule has 5 nitrogen and oxygen atoms in total. The summed E-state index contributed by atoms with van der Waals surface area (Å²) in [7, 11) is 0. The first-order valence-electron chi connectivity index (χ1n) is 6.78. The highest BCUT2D eigenvalue weighted by Crippen LogP contribution is 2.19. The highest BCUT2D eigenvalue weighted by atomic mass is 16.3. The number of rotatable bonds is 6. The molecule has 0 aliphatic heterocycles. The number of benzene rings is 1. The molecule has 1 aromatic heterocycles. The van der Waals surface area contributed by atoms with Crippen LogP contribution in [0.25, 0.3) is 5.69 Å². The van der Waals surface area contributed by atoms with Gasteiger partial charge in [0.25, 0.3) is 0 Å². The number of anilines is 1. The smallest absolute Gasteiger partial charge is 0.115 e. The summed E-state index contributed by atoms with van der Waals surface area (Å²) >= 11 is 0. The van der Waals surface area contributed by atoms with Crippen LogP contribution in [0, 0.1) is 0 Å². The van der Waals surface area contributed by atoms with Crippen molar-refractivity contribution in [3.8, 4) is 5.69 Å². The van der Waals surface area contributed by atoms with Gasteiger partial charge < -0.3 is 20.1 Å². The molecule has 0 amide bonds. The molecule has 1 heterocycles. The van der Waals surface area contributed by atoms with Crippen LogP contribution >= 0.6 is 0 Å². The van der Waals surface area contributed by atoms with Gasteiger partial charge in [0.15, 0.2) is 0 Å². The van der Waals surface area contributed by atoms with Crippen LogP contribution in [0.1, 0.15) is 25.6 Å². The fourth-order valence-electron chi connectivity index (χ4n) is 2.00. The first kappa shape index (κ1) is 14.6. The first-order chi connectivity index (χ1) is 9.61. The van der Waals surface area contributed by atoms with Crippen LogP contribution in [0.5, 0.6) is 0 Å². The van der Waals surface area contributed by atoms with Crippen molar-refractivity contribution < 1.29 is 10.2 Å². The standard InChI is InChI=1S/C15H21N3O2/c1-11(2)15-16-7-8-18(15)13-5-3-12(4-6-13)17-9-14(20)10-19/h3-8,11,14,17,19-20H,9-10H2,1-2H3. The molecule has 0 saturated heterocycles. The Balaban J connectivity index is 2.10. The fraction of sp³-hybridized carbons (Fsp3) is 0.400. The minimum absolute atomic E-state index is 0.238. The molecule has 2 rings (SSSR count). The number of nitrogens with zero attached hydrogens (tertiary/aromatic N) is 2. The third-order valence-electron chi connectivity index (χ3n) is 3.08. The highest BCUT2D eigenvalue weighted by molar-refractivity contribution is 5.49. The molecule has 108 valence electrons. The van der Waals surface area contributed by atoms with Gasteiger partial charge in [0.05, 0.1) is 12.7 Å². The van der Waals surface area contributed by atoms with Crippen molar-refractivity contribution in [3.05, 3.63) is 42.5 Å². The van der Waals surface area contributed by atoms with Gasteiger partial charge in [-0.05, 0) is 24.3 Å². The summed E-state index contributed by atoms with van der Waals surface area (Å²) in [5.41, 5.74) is 1.96. The summed E-state index contributed by atoms with van der Waals surface area (Å²) in [5.74, 6) is 1.39. The molecule has 0 saturated carbocycles. The molecule has 0 radical (unpaired) electrons. The maximum absolute atomic E-state index is 9.30. The maximum Gasteiger partial charge on any atom is 0.115 e. The number of hydrogen-bond donors (Lipinski definition) is 3. The van der Waals surface area contributed by atoms with Gasteiger partial charge in [-0.1, -0.05) is 13.8 Å². The second-order valence-electron chi connectivity index (χ2n) is 5.07. The Morgan fingerprint density at radius 2 is 1.95 bits per heavy atom. The first-order valence-corrected chi connectivity index (χ1v) is 6.78. The Bertz CT molecular complexity index is 534. The van der Waals surface area contributed by atoms with Crippen LogP contribution in [-0.4, -0.2) is 39.0 Å². The van der Waals surface area contributed by atoms with Crippen LogP contribution in [0.3, 0.4) is 0 Å². The van der Waals surface area contributed by atoms with Crippen molar-refractivity contribution in [2.45, 2.75) is 25.9 Å². The second kappa shape index (κ2) is 6.54. The summed E-state index contributed by atoms with van der Waals surface area (Å²) in [6.07, 6.45) is 3.02. The van der Waals surface area contributed by atoms with E-state index in [1.54, 1.807) is 6.20 Å². The molecule has 3 N–H and O–H groups in total. The number of aromatic nitrogens is 2. The normalized spacial score (nSPS) is 12.7. The van der Waals surface area contributed by atoms with Gasteiger partial charge >= 0.3 is 0 Å². The third kappa shape index (κ3) is 3.37. The summed E-state index contributed by atoms with van der Waals surface area (Å²) in [6.45, 7) is 4.33. The van der Waals surface area contributed by atoms with E-state index in [0.29, 0.717) is 12.5 Å². The molecule has 2 aromatic rings. The number of hydrogen-bond acceptors (Lipinski definition) is 4. The summed E-state index contributed by atoms with van der Waals surface area (Å²) in [4.78, 5) is 4.37. The van der Waals surface area contributed by atoms with E-state index in [-0.39, 0.29) is 6.61 Å². The lowest BCUT2D eigenvalue weighted by molar-refractivity contribution is 0.105. The summed E-state index contributed by atoms with van der Waals surface area (Å²) in [6, 6.07) is 7.90. The molecule has 20 heavy (non-hydrogen) atoms. The lowest BCUT2D eigenvalue weighted by Crippen LogP contribution is -2.22. The van der Waals surface area contributed by atoms with Gasteiger partial charge in [0.2, 0.25) is 0 Å². The predicted molar refractivity (Wildman–Crippen MR) is 79.2 cm³/mol. The maximum atomic E-state index is 9.30. The minimum Gasteiger partial charge on any atom is -0.394 e. The van der Waals surface area contributed by atoms with E-state index in [1.807, 2.05) is 30.5 Å². The average Bonchev–Trinajstić information content (AvgIpc) is 2.95. The number of nitrogens with one attached hydrogen (secondary N) is 1. The minimum atomic E-state index is -0.740. The van der Waals surface area contributed by atoms with Gasteiger partial charge in [-0.25, -0.2) is 4.98 Å². The number of aliphatic hydroxyl groups excluding tert-OH is 2. The molecule has 1 aromatic carbocycles. The monoisotopic (exact) mass is 275 g/mol. The number of imidazole rings is 1. The van der Waals surface area contributed by atoms with Crippen molar-refractivity contribution in [3.63, 3.8) is 0 Å². The fourth-order valence-corrected chi connectivity index (χ4v) is 2.00. The summed E-state index contributed by atoms with van der Waals surface area (Å²) < 4.78 is 2.07. The molecule has 0 aliphatic rings. The van der Waals surface area contributed by atoms with E-state index in [0.717, 1.165) is 17.2 Å². The van der Waals surface area contributed by atoms with E-state index in [9.17, 15) is 5.11 Å². The molecular formula is C15H21N3O2. The van der Waals surface area contributed by atoms with Crippen molar-refractivity contribution in [1.29, 1.82) is 0 Å². The van der Waals surface area contributed by atoms with Crippen molar-refractivity contribution in [2.75, 3.05) is 18.5 Å². The van der Waals surface area contributed by atoms with E-state index in [4.69, 9.17) is 5.11 Å². The largest absolute Gasteiger partial charge is 0.394 e. The van der Waals surface area contributed by atoms with Gasteiger partial charge in [0, 0.05) is 36.2 Å². The van der Waals surface area contributed by atoms with Gasteiger partial charge in [-0.15, -0.1) is 0 Å². The zero-order chi connectivity index (χ0) is 14.5. The Labute approximate surface area is 118 Å². The van der Waals surface area contributed by atoms with Crippen molar-refractivity contribution >= 4 is 5.69 Å². The van der Waals surface area contributed by atoms with Gasteiger partial charge in [-0.3, -0.25) is 0 Å². The predicted octanol–water partition coefficient (Wildman–Crippen LogP) is 1.76. The lowest BCUT2D eigenvalue weighted by Gasteiger charge is -2.13. The molecule has 0 aliphatic carbocycles. The van der Waals surface area contributed by atoms with Crippen molar-refractivity contribution in [2.24, 2.45) is 0 Å².